The predicted octanol–water partition coefficient (Wildman–Crippen LogP) is 2.83. The predicted molar refractivity (Wildman–Crippen MR) is 56.4 cm³/mol. The van der Waals surface area contributed by atoms with Gasteiger partial charge in [-0.2, -0.15) is 0 Å². The number of benzene rings is 1. The number of ether oxygens (including phenoxy) is 1. The summed E-state index contributed by atoms with van der Waals surface area (Å²) in [7, 11) is 0. The molecule has 1 aromatic rings. The van der Waals surface area contributed by atoms with Gasteiger partial charge in [0.25, 0.3) is 0 Å². The van der Waals surface area contributed by atoms with Gasteiger partial charge < -0.3 is 9.84 Å². The summed E-state index contributed by atoms with van der Waals surface area (Å²) < 4.78 is 18.5. The SMILES string of the molecule is C[C@H](CC(=O)O)Oc1ccc(F)cc1Br. The molecule has 0 saturated heterocycles. The minimum Gasteiger partial charge on any atom is -0.489 e. The van der Waals surface area contributed by atoms with Gasteiger partial charge in [-0.3, -0.25) is 4.79 Å². The molecule has 0 heterocycles. The Morgan fingerprint density at radius 1 is 1.67 bits per heavy atom. The lowest BCUT2D eigenvalue weighted by molar-refractivity contribution is -0.138. The topological polar surface area (TPSA) is 46.5 Å². The molecule has 0 radical (unpaired) electrons. The van der Waals surface area contributed by atoms with Crippen LogP contribution in [-0.2, 0) is 4.79 Å². The van der Waals surface area contributed by atoms with Crippen LogP contribution in [0.15, 0.2) is 22.7 Å². The van der Waals surface area contributed by atoms with E-state index in [1.807, 2.05) is 0 Å². The number of hydrogen-bond donors (Lipinski definition) is 1. The fourth-order valence-electron chi connectivity index (χ4n) is 1.08. The highest BCUT2D eigenvalue weighted by atomic mass is 79.9. The van der Waals surface area contributed by atoms with Crippen LogP contribution >= 0.6 is 15.9 Å². The van der Waals surface area contributed by atoms with E-state index in [9.17, 15) is 9.18 Å². The normalized spacial score (nSPS) is 12.2. The molecule has 3 nitrogen and oxygen atoms in total. The number of aliphatic carboxylic acids is 1. The molecule has 0 amide bonds. The third kappa shape index (κ3) is 3.87. The van der Waals surface area contributed by atoms with Crippen molar-refractivity contribution in [2.24, 2.45) is 0 Å². The number of carboxylic acid groups (broad SMARTS) is 1. The zero-order valence-electron chi connectivity index (χ0n) is 8.04. The van der Waals surface area contributed by atoms with E-state index >= 15 is 0 Å². The number of hydrogen-bond acceptors (Lipinski definition) is 2. The first kappa shape index (κ1) is 12.0. The molecular weight excluding hydrogens is 267 g/mol. The van der Waals surface area contributed by atoms with E-state index < -0.39 is 12.1 Å². The van der Waals surface area contributed by atoms with E-state index in [4.69, 9.17) is 9.84 Å². The number of rotatable bonds is 4. The van der Waals surface area contributed by atoms with Crippen LogP contribution in [-0.4, -0.2) is 17.2 Å². The number of carbonyl (C=O) groups is 1. The summed E-state index contributed by atoms with van der Waals surface area (Å²) in [6.45, 7) is 1.64. The second-order valence-electron chi connectivity index (χ2n) is 3.10. The Bertz CT molecular complexity index is 368. The van der Waals surface area contributed by atoms with Crippen molar-refractivity contribution in [3.63, 3.8) is 0 Å². The standard InChI is InChI=1S/C10H10BrFO3/c1-6(4-10(13)14)15-9-3-2-7(12)5-8(9)11/h2-3,5-6H,4H2,1H3,(H,13,14)/t6-/m1/s1. The molecule has 0 fully saturated rings. The molecule has 0 aliphatic carbocycles. The Labute approximate surface area is 95.0 Å². The largest absolute Gasteiger partial charge is 0.489 e. The van der Waals surface area contributed by atoms with Crippen LogP contribution in [0.25, 0.3) is 0 Å². The second kappa shape index (κ2) is 5.11. The number of halogens is 2. The van der Waals surface area contributed by atoms with E-state index in [2.05, 4.69) is 15.9 Å². The van der Waals surface area contributed by atoms with Gasteiger partial charge in [0.1, 0.15) is 17.7 Å². The van der Waals surface area contributed by atoms with E-state index in [0.717, 1.165) is 0 Å². The summed E-state index contributed by atoms with van der Waals surface area (Å²) in [4.78, 5) is 10.4. The van der Waals surface area contributed by atoms with Gasteiger partial charge in [0.05, 0.1) is 10.9 Å². The van der Waals surface area contributed by atoms with Crippen LogP contribution in [0.5, 0.6) is 5.75 Å². The van der Waals surface area contributed by atoms with E-state index in [1.54, 1.807) is 6.92 Å². The Hall–Kier alpha value is -1.10. The van der Waals surface area contributed by atoms with Crippen LogP contribution < -0.4 is 4.74 Å². The Morgan fingerprint density at radius 2 is 2.33 bits per heavy atom. The first-order valence-electron chi connectivity index (χ1n) is 4.32. The quantitative estimate of drug-likeness (QED) is 0.920. The monoisotopic (exact) mass is 276 g/mol. The zero-order chi connectivity index (χ0) is 11.4. The van der Waals surface area contributed by atoms with Crippen molar-refractivity contribution in [1.29, 1.82) is 0 Å². The Kier molecular flexibility index (Phi) is 4.08. The zero-order valence-corrected chi connectivity index (χ0v) is 9.62. The van der Waals surface area contributed by atoms with Crippen LogP contribution in [0.1, 0.15) is 13.3 Å². The minimum atomic E-state index is -0.930. The van der Waals surface area contributed by atoms with Crippen molar-refractivity contribution in [2.75, 3.05) is 0 Å². The summed E-state index contributed by atoms with van der Waals surface area (Å²) >= 11 is 3.13. The van der Waals surface area contributed by atoms with Crippen molar-refractivity contribution in [3.05, 3.63) is 28.5 Å². The minimum absolute atomic E-state index is 0.0934. The van der Waals surface area contributed by atoms with Crippen LogP contribution in [0.3, 0.4) is 0 Å². The summed E-state index contributed by atoms with van der Waals surface area (Å²) in [5.41, 5.74) is 0. The molecular formula is C10H10BrFO3. The lowest BCUT2D eigenvalue weighted by Gasteiger charge is -2.13. The Morgan fingerprint density at radius 3 is 2.87 bits per heavy atom. The first-order valence-corrected chi connectivity index (χ1v) is 5.12. The van der Waals surface area contributed by atoms with Crippen LogP contribution in [0.4, 0.5) is 4.39 Å². The lowest BCUT2D eigenvalue weighted by Crippen LogP contribution is -2.16. The molecule has 0 aromatic heterocycles. The van der Waals surface area contributed by atoms with E-state index in [-0.39, 0.29) is 12.2 Å². The molecule has 5 heteroatoms. The molecule has 0 unspecified atom stereocenters. The summed E-state index contributed by atoms with van der Waals surface area (Å²) in [5, 5.41) is 8.52. The van der Waals surface area contributed by atoms with Gasteiger partial charge >= 0.3 is 5.97 Å². The summed E-state index contributed by atoms with van der Waals surface area (Å²) in [5.74, 6) is -0.869. The van der Waals surface area contributed by atoms with Gasteiger partial charge in [0, 0.05) is 0 Å². The van der Waals surface area contributed by atoms with Crippen molar-refractivity contribution in [3.8, 4) is 5.75 Å². The molecule has 0 aliphatic heterocycles. The van der Waals surface area contributed by atoms with Crippen molar-refractivity contribution < 1.29 is 19.0 Å². The van der Waals surface area contributed by atoms with E-state index in [1.165, 1.54) is 18.2 Å². The maximum Gasteiger partial charge on any atom is 0.307 e. The highest BCUT2D eigenvalue weighted by Gasteiger charge is 2.11. The Balaban J connectivity index is 2.68. The third-order valence-corrected chi connectivity index (χ3v) is 2.30. The molecule has 0 spiro atoms. The average molecular weight is 277 g/mol. The molecule has 0 saturated carbocycles. The van der Waals surface area contributed by atoms with Gasteiger partial charge in [0.2, 0.25) is 0 Å². The van der Waals surface area contributed by atoms with Gasteiger partial charge in [-0.15, -0.1) is 0 Å². The van der Waals surface area contributed by atoms with Gasteiger partial charge in [0.15, 0.2) is 0 Å². The smallest absolute Gasteiger partial charge is 0.307 e. The molecule has 82 valence electrons. The van der Waals surface area contributed by atoms with Crippen LogP contribution in [0, 0.1) is 5.82 Å². The van der Waals surface area contributed by atoms with Crippen molar-refractivity contribution in [1.82, 2.24) is 0 Å². The molecule has 0 aliphatic rings. The van der Waals surface area contributed by atoms with Gasteiger partial charge in [-0.25, -0.2) is 4.39 Å². The van der Waals surface area contributed by atoms with Crippen molar-refractivity contribution in [2.45, 2.75) is 19.4 Å². The second-order valence-corrected chi connectivity index (χ2v) is 3.96. The molecule has 0 bridgehead atoms. The first-order chi connectivity index (χ1) is 6.99. The van der Waals surface area contributed by atoms with Crippen molar-refractivity contribution >= 4 is 21.9 Å². The maximum atomic E-state index is 12.7. The maximum absolute atomic E-state index is 12.7. The lowest BCUT2D eigenvalue weighted by atomic mass is 10.3. The molecule has 1 N–H and O–H groups in total. The fourth-order valence-corrected chi connectivity index (χ4v) is 1.52. The van der Waals surface area contributed by atoms with Gasteiger partial charge in [-0.1, -0.05) is 0 Å². The molecule has 1 atom stereocenters. The highest BCUT2D eigenvalue weighted by Crippen LogP contribution is 2.26. The molecule has 15 heavy (non-hydrogen) atoms. The summed E-state index contributed by atoms with van der Waals surface area (Å²) in [6, 6.07) is 3.98. The van der Waals surface area contributed by atoms with Crippen LogP contribution in [0.2, 0.25) is 0 Å². The third-order valence-electron chi connectivity index (χ3n) is 1.68. The van der Waals surface area contributed by atoms with E-state index in [0.29, 0.717) is 10.2 Å². The highest BCUT2D eigenvalue weighted by molar-refractivity contribution is 9.10. The van der Waals surface area contributed by atoms with Gasteiger partial charge in [-0.05, 0) is 41.1 Å². The fraction of sp³-hybridized carbons (Fsp3) is 0.300. The molecule has 1 rings (SSSR count). The average Bonchev–Trinajstić information content (AvgIpc) is 2.08. The number of carboxylic acids is 1. The summed E-state index contributed by atoms with van der Waals surface area (Å²) in [6.07, 6.45) is -0.548. The molecule has 1 aromatic carbocycles.